The number of furan rings is 3. The van der Waals surface area contributed by atoms with Crippen LogP contribution in [0.4, 0.5) is 0 Å². The number of benzene rings is 7. The Morgan fingerprint density at radius 2 is 0.843 bits per heavy atom. The molecule has 0 aliphatic heterocycles. The van der Waals surface area contributed by atoms with Crippen molar-refractivity contribution in [3.63, 3.8) is 0 Å². The normalized spacial score (nSPS) is 11.9. The van der Waals surface area contributed by atoms with Crippen molar-refractivity contribution in [1.82, 2.24) is 15.0 Å². The summed E-state index contributed by atoms with van der Waals surface area (Å²) in [5.74, 6) is 1.75. The highest BCUT2D eigenvalue weighted by atomic mass is 16.3. The second kappa shape index (κ2) is 10.7. The zero-order valence-corrected chi connectivity index (χ0v) is 27.0. The zero-order chi connectivity index (χ0) is 33.5. The van der Waals surface area contributed by atoms with Crippen molar-refractivity contribution in [1.29, 1.82) is 0 Å². The Labute approximate surface area is 290 Å². The Bertz CT molecular complexity index is 3150. The Hall–Kier alpha value is -7.05. The maximum atomic E-state index is 6.61. The van der Waals surface area contributed by atoms with Crippen molar-refractivity contribution in [2.45, 2.75) is 0 Å². The quantitative estimate of drug-likeness (QED) is 0.188. The van der Waals surface area contributed by atoms with Crippen LogP contribution < -0.4 is 0 Å². The predicted molar refractivity (Wildman–Crippen MR) is 203 cm³/mol. The summed E-state index contributed by atoms with van der Waals surface area (Å²) in [6.45, 7) is 0. The first-order chi connectivity index (χ1) is 25.3. The maximum Gasteiger partial charge on any atom is 0.164 e. The molecule has 0 atom stereocenters. The first kappa shape index (κ1) is 27.9. The van der Waals surface area contributed by atoms with Crippen LogP contribution in [0.3, 0.4) is 0 Å². The molecule has 238 valence electrons. The van der Waals surface area contributed by atoms with Crippen molar-refractivity contribution in [2.75, 3.05) is 0 Å². The molecular weight excluding hydrogens is 631 g/mol. The van der Waals surface area contributed by atoms with Gasteiger partial charge in [0.05, 0.1) is 0 Å². The Balaban J connectivity index is 1.11. The van der Waals surface area contributed by atoms with E-state index in [2.05, 4.69) is 60.7 Å². The molecule has 11 rings (SSSR count). The smallest absolute Gasteiger partial charge is 0.164 e. The highest BCUT2D eigenvalue weighted by molar-refractivity contribution is 6.15. The van der Waals surface area contributed by atoms with Gasteiger partial charge in [0.15, 0.2) is 17.5 Å². The summed E-state index contributed by atoms with van der Waals surface area (Å²) >= 11 is 0. The summed E-state index contributed by atoms with van der Waals surface area (Å²) in [4.78, 5) is 15.2. The number of hydrogen-bond donors (Lipinski definition) is 0. The van der Waals surface area contributed by atoms with Gasteiger partial charge >= 0.3 is 0 Å². The van der Waals surface area contributed by atoms with E-state index >= 15 is 0 Å². The van der Waals surface area contributed by atoms with E-state index in [0.29, 0.717) is 17.5 Å². The molecule has 0 amide bonds. The summed E-state index contributed by atoms with van der Waals surface area (Å²) < 4.78 is 19.2. The lowest BCUT2D eigenvalue weighted by atomic mass is 9.99. The van der Waals surface area contributed by atoms with Gasteiger partial charge in [-0.15, -0.1) is 0 Å². The van der Waals surface area contributed by atoms with Crippen molar-refractivity contribution in [2.24, 2.45) is 0 Å². The molecule has 11 aromatic rings. The van der Waals surface area contributed by atoms with Gasteiger partial charge in [-0.25, -0.2) is 15.0 Å². The predicted octanol–water partition coefficient (Wildman–Crippen LogP) is 12.2. The van der Waals surface area contributed by atoms with E-state index in [0.717, 1.165) is 93.6 Å². The van der Waals surface area contributed by atoms with Crippen LogP contribution >= 0.6 is 0 Å². The van der Waals surface area contributed by atoms with Gasteiger partial charge in [0.1, 0.15) is 33.5 Å². The molecule has 6 nitrogen and oxygen atoms in total. The van der Waals surface area contributed by atoms with E-state index in [4.69, 9.17) is 28.2 Å². The number of rotatable bonds is 4. The number of fused-ring (bicyclic) bond motifs is 9. The number of aromatic nitrogens is 3. The maximum absolute atomic E-state index is 6.61. The van der Waals surface area contributed by atoms with Crippen LogP contribution in [0, 0.1) is 0 Å². The highest BCUT2D eigenvalue weighted by Crippen LogP contribution is 2.42. The van der Waals surface area contributed by atoms with Gasteiger partial charge in [-0.1, -0.05) is 115 Å². The first-order valence-corrected chi connectivity index (χ1v) is 16.9. The molecule has 0 fully saturated rings. The monoisotopic (exact) mass is 655 g/mol. The molecule has 4 aromatic heterocycles. The summed E-state index contributed by atoms with van der Waals surface area (Å²) in [5.41, 5.74) is 9.53. The summed E-state index contributed by atoms with van der Waals surface area (Å²) in [5, 5.41) is 6.16. The van der Waals surface area contributed by atoms with Gasteiger partial charge in [0.2, 0.25) is 0 Å². The van der Waals surface area contributed by atoms with E-state index in [1.807, 2.05) is 91.0 Å². The van der Waals surface area contributed by atoms with E-state index in [1.165, 1.54) is 0 Å². The summed E-state index contributed by atoms with van der Waals surface area (Å²) in [6, 6.07) is 51.0. The molecule has 0 radical (unpaired) electrons. The molecule has 4 heterocycles. The third-order valence-electron chi connectivity index (χ3n) is 9.76. The molecule has 0 bridgehead atoms. The van der Waals surface area contributed by atoms with E-state index in [9.17, 15) is 0 Å². The van der Waals surface area contributed by atoms with Gasteiger partial charge in [-0.2, -0.15) is 0 Å². The molecule has 7 aromatic carbocycles. The van der Waals surface area contributed by atoms with Crippen molar-refractivity contribution in [3.05, 3.63) is 152 Å². The Morgan fingerprint density at radius 3 is 1.61 bits per heavy atom. The Morgan fingerprint density at radius 1 is 0.314 bits per heavy atom. The van der Waals surface area contributed by atoms with Gasteiger partial charge in [0.25, 0.3) is 0 Å². The van der Waals surface area contributed by atoms with Crippen LogP contribution in [-0.4, -0.2) is 15.0 Å². The second-order valence-electron chi connectivity index (χ2n) is 12.7. The molecule has 0 spiro atoms. The Kier molecular flexibility index (Phi) is 5.86. The zero-order valence-electron chi connectivity index (χ0n) is 27.0. The number of para-hydroxylation sites is 4. The van der Waals surface area contributed by atoms with Crippen LogP contribution in [0.1, 0.15) is 0 Å². The molecule has 0 N–H and O–H groups in total. The lowest BCUT2D eigenvalue weighted by Crippen LogP contribution is -2.00. The van der Waals surface area contributed by atoms with Crippen LogP contribution in [0.5, 0.6) is 0 Å². The van der Waals surface area contributed by atoms with Gasteiger partial charge in [-0.3, -0.25) is 0 Å². The molecule has 0 aliphatic carbocycles. The van der Waals surface area contributed by atoms with Crippen LogP contribution in [0.2, 0.25) is 0 Å². The lowest BCUT2D eigenvalue weighted by Gasteiger charge is -2.09. The average molecular weight is 656 g/mol. The third kappa shape index (κ3) is 4.26. The number of nitrogens with zero attached hydrogens (tertiary/aromatic N) is 3. The van der Waals surface area contributed by atoms with Crippen LogP contribution in [-0.2, 0) is 0 Å². The summed E-state index contributed by atoms with van der Waals surface area (Å²) in [7, 11) is 0. The fourth-order valence-electron chi connectivity index (χ4n) is 7.41. The first-order valence-electron chi connectivity index (χ1n) is 16.9. The van der Waals surface area contributed by atoms with E-state index < -0.39 is 0 Å². The SMILES string of the molecule is c1ccc(-c2nc(-c3ccc4oc5c(-c6cccc7c6oc6ccccc67)cccc5c4c3)nc(-c3cccc4oc5ccccc5c34)n2)cc1. The molecule has 0 unspecified atom stereocenters. The highest BCUT2D eigenvalue weighted by Gasteiger charge is 2.20. The standard InChI is InChI=1S/C45H25N3O3/c1-2-11-26(12-3-1)43-46-44(48-45(47-43)34-19-10-22-39-40(34)33-14-5-7-21-37(33)49-39)27-23-24-38-35(25-27)32-18-9-17-31(42(32)51-38)30-16-8-15-29-28-13-4-6-20-36(28)50-41(29)30/h1-25H. The minimum atomic E-state index is 0.572. The van der Waals surface area contributed by atoms with Crippen molar-refractivity contribution >= 4 is 65.8 Å². The molecule has 0 saturated heterocycles. The lowest BCUT2D eigenvalue weighted by molar-refractivity contribution is 0.665. The van der Waals surface area contributed by atoms with Gasteiger partial charge in [0, 0.05) is 60.1 Å². The molecular formula is C45H25N3O3. The van der Waals surface area contributed by atoms with E-state index in [-0.39, 0.29) is 0 Å². The fourth-order valence-corrected chi connectivity index (χ4v) is 7.41. The van der Waals surface area contributed by atoms with Gasteiger partial charge in [-0.05, 0) is 36.4 Å². The van der Waals surface area contributed by atoms with Gasteiger partial charge < -0.3 is 13.3 Å². The molecule has 0 saturated carbocycles. The average Bonchev–Trinajstić information content (AvgIpc) is 3.89. The van der Waals surface area contributed by atoms with Crippen molar-refractivity contribution < 1.29 is 13.3 Å². The summed E-state index contributed by atoms with van der Waals surface area (Å²) in [6.07, 6.45) is 0. The fraction of sp³-hybridized carbons (Fsp3) is 0. The van der Waals surface area contributed by atoms with E-state index in [1.54, 1.807) is 0 Å². The molecule has 0 aliphatic rings. The third-order valence-corrected chi connectivity index (χ3v) is 9.76. The minimum Gasteiger partial charge on any atom is -0.456 e. The second-order valence-corrected chi connectivity index (χ2v) is 12.7. The molecule has 51 heavy (non-hydrogen) atoms. The van der Waals surface area contributed by atoms with Crippen LogP contribution in [0.15, 0.2) is 165 Å². The largest absolute Gasteiger partial charge is 0.456 e. The topological polar surface area (TPSA) is 78.1 Å². The number of hydrogen-bond acceptors (Lipinski definition) is 6. The minimum absolute atomic E-state index is 0.572. The van der Waals surface area contributed by atoms with Crippen molar-refractivity contribution in [3.8, 4) is 45.3 Å². The van der Waals surface area contributed by atoms with Crippen LogP contribution in [0.25, 0.3) is 111 Å². The molecule has 6 heteroatoms.